The first-order chi connectivity index (χ1) is 14.3. The summed E-state index contributed by atoms with van der Waals surface area (Å²) in [5.41, 5.74) is -0.804. The Morgan fingerprint density at radius 1 is 0.903 bits per heavy atom. The largest absolute Gasteiger partial charge is 0.462 e. The molecule has 31 heavy (non-hydrogen) atoms. The zero-order valence-corrected chi connectivity index (χ0v) is 19.8. The minimum absolute atomic E-state index is 0.0841. The minimum Gasteiger partial charge on any atom is -0.462 e. The molecule has 0 radical (unpaired) electrons. The lowest BCUT2D eigenvalue weighted by Gasteiger charge is -2.28. The molecule has 2 rings (SSSR count). The Bertz CT molecular complexity index is 909. The fourth-order valence-electron chi connectivity index (χ4n) is 2.50. The van der Waals surface area contributed by atoms with Crippen molar-refractivity contribution in [3.63, 3.8) is 0 Å². The molecule has 168 valence electrons. The highest BCUT2D eigenvalue weighted by atomic mass is 32.1. The SMILES string of the molecule is CCOC(=O)c1cc(-c2ccccc2)sc1N(C(=O)OC(C)(C)C)C(=O)OC(C)(C)C. The molecule has 0 N–H and O–H groups in total. The van der Waals surface area contributed by atoms with Crippen molar-refractivity contribution in [2.45, 2.75) is 59.7 Å². The molecule has 0 aliphatic heterocycles. The van der Waals surface area contributed by atoms with E-state index < -0.39 is 29.4 Å². The van der Waals surface area contributed by atoms with E-state index in [0.717, 1.165) is 21.8 Å². The quantitative estimate of drug-likeness (QED) is 0.406. The van der Waals surface area contributed by atoms with E-state index in [4.69, 9.17) is 14.2 Å². The molecule has 0 bridgehead atoms. The summed E-state index contributed by atoms with van der Waals surface area (Å²) in [5, 5.41) is 0.0841. The Labute approximate surface area is 186 Å². The van der Waals surface area contributed by atoms with Gasteiger partial charge in [0.05, 0.1) is 12.2 Å². The van der Waals surface area contributed by atoms with Crippen molar-refractivity contribution in [3.05, 3.63) is 42.0 Å². The molecule has 0 aliphatic rings. The zero-order chi connectivity index (χ0) is 23.4. The normalized spacial score (nSPS) is 11.6. The van der Waals surface area contributed by atoms with Crippen molar-refractivity contribution < 1.29 is 28.6 Å². The lowest BCUT2D eigenvalue weighted by Crippen LogP contribution is -2.44. The van der Waals surface area contributed by atoms with Gasteiger partial charge in [-0.25, -0.2) is 14.4 Å². The first-order valence-corrected chi connectivity index (χ1v) is 10.8. The number of esters is 1. The molecule has 2 amide bonds. The van der Waals surface area contributed by atoms with Gasteiger partial charge in [-0.15, -0.1) is 11.3 Å². The third-order valence-electron chi connectivity index (χ3n) is 3.62. The van der Waals surface area contributed by atoms with Crippen molar-refractivity contribution in [1.29, 1.82) is 0 Å². The molecule has 1 aromatic carbocycles. The average molecular weight is 448 g/mol. The number of nitrogens with zero attached hydrogens (tertiary/aromatic N) is 1. The average Bonchev–Trinajstić information content (AvgIpc) is 3.04. The molecular formula is C23H29NO6S. The molecule has 0 spiro atoms. The predicted molar refractivity (Wildman–Crippen MR) is 121 cm³/mol. The number of carbonyl (C=O) groups excluding carboxylic acids is 3. The topological polar surface area (TPSA) is 82.1 Å². The van der Waals surface area contributed by atoms with Crippen LogP contribution in [-0.2, 0) is 14.2 Å². The number of carbonyl (C=O) groups is 3. The smallest absolute Gasteiger partial charge is 0.425 e. The number of amides is 2. The summed E-state index contributed by atoms with van der Waals surface area (Å²) in [6, 6.07) is 10.9. The molecule has 0 unspecified atom stereocenters. The molecule has 0 saturated heterocycles. The highest BCUT2D eigenvalue weighted by Crippen LogP contribution is 2.39. The second kappa shape index (κ2) is 9.51. The van der Waals surface area contributed by atoms with Crippen LogP contribution >= 0.6 is 11.3 Å². The molecule has 0 atom stereocenters. The fourth-order valence-corrected chi connectivity index (χ4v) is 3.63. The number of thiophene rings is 1. The van der Waals surface area contributed by atoms with Gasteiger partial charge in [-0.2, -0.15) is 4.90 Å². The standard InChI is InChI=1S/C23H29NO6S/c1-8-28-19(25)16-14-17(15-12-10-9-11-13-15)31-18(16)24(20(26)29-22(2,3)4)21(27)30-23(5,6)7/h9-14H,8H2,1-7H3. The van der Waals surface area contributed by atoms with Gasteiger partial charge in [0.1, 0.15) is 16.2 Å². The third kappa shape index (κ3) is 6.82. The van der Waals surface area contributed by atoms with Crippen LogP contribution in [0.2, 0.25) is 0 Å². The molecule has 1 heterocycles. The first kappa shape index (κ1) is 24.4. The van der Waals surface area contributed by atoms with Crippen molar-refractivity contribution in [2.24, 2.45) is 0 Å². The second-order valence-electron chi connectivity index (χ2n) is 8.71. The van der Waals surface area contributed by atoms with E-state index in [1.807, 2.05) is 30.3 Å². The second-order valence-corrected chi connectivity index (χ2v) is 9.74. The van der Waals surface area contributed by atoms with E-state index in [1.165, 1.54) is 0 Å². The Morgan fingerprint density at radius 3 is 1.87 bits per heavy atom. The van der Waals surface area contributed by atoms with Crippen LogP contribution in [0.4, 0.5) is 14.6 Å². The van der Waals surface area contributed by atoms with E-state index in [-0.39, 0.29) is 17.2 Å². The highest BCUT2D eigenvalue weighted by molar-refractivity contribution is 7.20. The molecule has 0 fully saturated rings. The fraction of sp³-hybridized carbons (Fsp3) is 0.435. The van der Waals surface area contributed by atoms with Crippen LogP contribution in [-0.4, -0.2) is 36.0 Å². The Kier molecular flexibility index (Phi) is 7.49. The minimum atomic E-state index is -0.936. The van der Waals surface area contributed by atoms with Crippen LogP contribution < -0.4 is 4.90 Å². The number of imide groups is 1. The molecule has 0 saturated carbocycles. The maximum atomic E-state index is 13.0. The van der Waals surface area contributed by atoms with E-state index in [1.54, 1.807) is 54.5 Å². The number of ether oxygens (including phenoxy) is 3. The Morgan fingerprint density at radius 2 is 1.42 bits per heavy atom. The summed E-state index contributed by atoms with van der Waals surface area (Å²) in [6.07, 6.45) is -1.87. The predicted octanol–water partition coefficient (Wildman–Crippen LogP) is 6.27. The summed E-state index contributed by atoms with van der Waals surface area (Å²) in [5.74, 6) is -0.645. The van der Waals surface area contributed by atoms with Gasteiger partial charge in [-0.3, -0.25) is 0 Å². The van der Waals surface area contributed by atoms with E-state index in [2.05, 4.69) is 0 Å². The third-order valence-corrected chi connectivity index (χ3v) is 4.79. The molecule has 8 heteroatoms. The summed E-state index contributed by atoms with van der Waals surface area (Å²) in [6.45, 7) is 12.0. The van der Waals surface area contributed by atoms with Crippen molar-refractivity contribution >= 4 is 34.5 Å². The van der Waals surface area contributed by atoms with Crippen LogP contribution in [0.5, 0.6) is 0 Å². The Balaban J connectivity index is 2.63. The molecule has 1 aromatic heterocycles. The van der Waals surface area contributed by atoms with Crippen LogP contribution in [0.25, 0.3) is 10.4 Å². The monoisotopic (exact) mass is 447 g/mol. The summed E-state index contributed by atoms with van der Waals surface area (Å²) >= 11 is 1.11. The van der Waals surface area contributed by atoms with Gasteiger partial charge in [0.2, 0.25) is 0 Å². The van der Waals surface area contributed by atoms with Crippen molar-refractivity contribution in [2.75, 3.05) is 11.5 Å². The van der Waals surface area contributed by atoms with Gasteiger partial charge in [-0.1, -0.05) is 30.3 Å². The van der Waals surface area contributed by atoms with Crippen LogP contribution in [0.1, 0.15) is 58.8 Å². The number of rotatable bonds is 4. The Hall–Kier alpha value is -2.87. The maximum Gasteiger partial charge on any atom is 0.425 e. The van der Waals surface area contributed by atoms with Gasteiger partial charge in [0.15, 0.2) is 0 Å². The van der Waals surface area contributed by atoms with Crippen molar-refractivity contribution in [3.8, 4) is 10.4 Å². The van der Waals surface area contributed by atoms with Gasteiger partial charge in [0, 0.05) is 4.88 Å². The van der Waals surface area contributed by atoms with Crippen LogP contribution in [0.3, 0.4) is 0 Å². The maximum absolute atomic E-state index is 13.0. The van der Waals surface area contributed by atoms with Gasteiger partial charge in [-0.05, 0) is 60.1 Å². The molecule has 2 aromatic rings. The summed E-state index contributed by atoms with van der Waals surface area (Å²) in [4.78, 5) is 40.2. The molecular weight excluding hydrogens is 418 g/mol. The molecule has 7 nitrogen and oxygen atoms in total. The summed E-state index contributed by atoms with van der Waals surface area (Å²) < 4.78 is 16.0. The van der Waals surface area contributed by atoms with E-state index in [9.17, 15) is 14.4 Å². The molecule has 0 aliphatic carbocycles. The number of anilines is 1. The first-order valence-electron chi connectivity index (χ1n) is 9.95. The zero-order valence-electron chi connectivity index (χ0n) is 19.0. The van der Waals surface area contributed by atoms with E-state index >= 15 is 0 Å². The lowest BCUT2D eigenvalue weighted by atomic mass is 10.1. The van der Waals surface area contributed by atoms with Gasteiger partial charge >= 0.3 is 18.2 Å². The number of benzene rings is 1. The van der Waals surface area contributed by atoms with Gasteiger partial charge in [0.25, 0.3) is 0 Å². The van der Waals surface area contributed by atoms with Crippen LogP contribution in [0.15, 0.2) is 36.4 Å². The summed E-state index contributed by atoms with van der Waals surface area (Å²) in [7, 11) is 0. The lowest BCUT2D eigenvalue weighted by molar-refractivity contribution is 0.0432. The van der Waals surface area contributed by atoms with Gasteiger partial charge < -0.3 is 14.2 Å². The van der Waals surface area contributed by atoms with E-state index in [0.29, 0.717) is 4.88 Å². The number of hydrogen-bond donors (Lipinski definition) is 0. The van der Waals surface area contributed by atoms with Crippen LogP contribution in [0, 0.1) is 0 Å². The van der Waals surface area contributed by atoms with Crippen molar-refractivity contribution in [1.82, 2.24) is 0 Å². The highest BCUT2D eigenvalue weighted by Gasteiger charge is 2.37. The number of hydrogen-bond acceptors (Lipinski definition) is 7.